The van der Waals surface area contributed by atoms with Crippen molar-refractivity contribution in [1.82, 2.24) is 9.88 Å². The molecule has 0 bridgehead atoms. The molecule has 1 heterocycles. The zero-order valence-corrected chi connectivity index (χ0v) is 8.88. The SMILES string of the molecule is CCn1cccc1CCC(C)NC. The summed E-state index contributed by atoms with van der Waals surface area (Å²) in [6.45, 7) is 5.49. The average Bonchev–Trinajstić information content (AvgIpc) is 2.61. The lowest BCUT2D eigenvalue weighted by Crippen LogP contribution is -2.21. The lowest BCUT2D eigenvalue weighted by molar-refractivity contribution is 0.551. The van der Waals surface area contributed by atoms with Gasteiger partial charge in [-0.1, -0.05) is 0 Å². The highest BCUT2D eigenvalue weighted by atomic mass is 15.0. The van der Waals surface area contributed by atoms with Crippen LogP contribution in [0.5, 0.6) is 0 Å². The Morgan fingerprint density at radius 1 is 1.54 bits per heavy atom. The molecule has 0 aromatic carbocycles. The molecule has 13 heavy (non-hydrogen) atoms. The van der Waals surface area contributed by atoms with E-state index < -0.39 is 0 Å². The van der Waals surface area contributed by atoms with Crippen LogP contribution in [0, 0.1) is 0 Å². The van der Waals surface area contributed by atoms with Crippen molar-refractivity contribution in [2.75, 3.05) is 7.05 Å². The second-order valence-electron chi connectivity index (χ2n) is 3.51. The van der Waals surface area contributed by atoms with Gasteiger partial charge < -0.3 is 9.88 Å². The maximum atomic E-state index is 3.26. The predicted molar refractivity (Wildman–Crippen MR) is 56.9 cm³/mol. The largest absolute Gasteiger partial charge is 0.352 e. The van der Waals surface area contributed by atoms with Crippen LogP contribution < -0.4 is 5.32 Å². The van der Waals surface area contributed by atoms with Crippen molar-refractivity contribution in [1.29, 1.82) is 0 Å². The molecule has 0 spiro atoms. The summed E-state index contributed by atoms with van der Waals surface area (Å²) in [4.78, 5) is 0. The van der Waals surface area contributed by atoms with E-state index in [1.807, 2.05) is 7.05 Å². The predicted octanol–water partition coefficient (Wildman–Crippen LogP) is 2.05. The zero-order chi connectivity index (χ0) is 9.68. The smallest absolute Gasteiger partial charge is 0.0193 e. The van der Waals surface area contributed by atoms with Gasteiger partial charge in [-0.15, -0.1) is 0 Å². The first-order valence-electron chi connectivity index (χ1n) is 5.09. The Labute approximate surface area is 81.0 Å². The van der Waals surface area contributed by atoms with Gasteiger partial charge in [0.1, 0.15) is 0 Å². The van der Waals surface area contributed by atoms with Crippen molar-refractivity contribution in [2.45, 2.75) is 39.3 Å². The van der Waals surface area contributed by atoms with E-state index >= 15 is 0 Å². The first kappa shape index (κ1) is 10.3. The highest BCUT2D eigenvalue weighted by Gasteiger charge is 2.02. The minimum absolute atomic E-state index is 0.611. The van der Waals surface area contributed by atoms with Crippen LogP contribution >= 0.6 is 0 Å². The number of nitrogens with one attached hydrogen (secondary N) is 1. The number of aryl methyl sites for hydroxylation is 2. The maximum absolute atomic E-state index is 3.26. The highest BCUT2D eigenvalue weighted by Crippen LogP contribution is 2.06. The lowest BCUT2D eigenvalue weighted by atomic mass is 10.1. The van der Waals surface area contributed by atoms with Gasteiger partial charge in [0.2, 0.25) is 0 Å². The molecule has 1 unspecified atom stereocenters. The summed E-state index contributed by atoms with van der Waals surface area (Å²) < 4.78 is 2.31. The monoisotopic (exact) mass is 180 g/mol. The Morgan fingerprint density at radius 2 is 2.31 bits per heavy atom. The normalized spacial score (nSPS) is 13.2. The lowest BCUT2D eigenvalue weighted by Gasteiger charge is -2.11. The molecule has 1 aromatic rings. The van der Waals surface area contributed by atoms with Gasteiger partial charge in [-0.25, -0.2) is 0 Å². The Hall–Kier alpha value is -0.760. The van der Waals surface area contributed by atoms with Crippen LogP contribution in [0.4, 0.5) is 0 Å². The number of aromatic nitrogens is 1. The van der Waals surface area contributed by atoms with E-state index in [-0.39, 0.29) is 0 Å². The Morgan fingerprint density at radius 3 is 2.92 bits per heavy atom. The molecule has 0 aliphatic rings. The van der Waals surface area contributed by atoms with Gasteiger partial charge in [-0.05, 0) is 45.9 Å². The molecule has 1 N–H and O–H groups in total. The van der Waals surface area contributed by atoms with Crippen LogP contribution in [0.25, 0.3) is 0 Å². The standard InChI is InChI=1S/C11H20N2/c1-4-13-9-5-6-11(13)8-7-10(2)12-3/h5-6,9-10,12H,4,7-8H2,1-3H3. The Bertz CT molecular complexity index is 240. The number of hydrogen-bond acceptors (Lipinski definition) is 1. The second kappa shape index (κ2) is 5.07. The minimum atomic E-state index is 0.611. The molecule has 0 radical (unpaired) electrons. The number of rotatable bonds is 5. The minimum Gasteiger partial charge on any atom is -0.352 e. The number of nitrogens with zero attached hydrogens (tertiary/aromatic N) is 1. The van der Waals surface area contributed by atoms with Crippen LogP contribution in [0.3, 0.4) is 0 Å². The maximum Gasteiger partial charge on any atom is 0.0193 e. The van der Waals surface area contributed by atoms with Crippen LogP contribution in [-0.4, -0.2) is 17.7 Å². The van der Waals surface area contributed by atoms with E-state index in [0.717, 1.165) is 6.54 Å². The quantitative estimate of drug-likeness (QED) is 0.734. The van der Waals surface area contributed by atoms with E-state index in [4.69, 9.17) is 0 Å². The summed E-state index contributed by atoms with van der Waals surface area (Å²) >= 11 is 0. The topological polar surface area (TPSA) is 17.0 Å². The molecule has 1 aromatic heterocycles. The molecule has 2 heteroatoms. The van der Waals surface area contributed by atoms with Crippen LogP contribution in [0.15, 0.2) is 18.3 Å². The molecule has 0 aliphatic heterocycles. The van der Waals surface area contributed by atoms with Gasteiger partial charge in [0.05, 0.1) is 0 Å². The van der Waals surface area contributed by atoms with E-state index in [1.165, 1.54) is 18.5 Å². The van der Waals surface area contributed by atoms with Crippen molar-refractivity contribution in [3.63, 3.8) is 0 Å². The molecule has 0 aliphatic carbocycles. The van der Waals surface area contributed by atoms with Crippen molar-refractivity contribution < 1.29 is 0 Å². The molecule has 1 rings (SSSR count). The molecule has 74 valence electrons. The number of hydrogen-bond donors (Lipinski definition) is 1. The van der Waals surface area contributed by atoms with Crippen LogP contribution in [0.2, 0.25) is 0 Å². The van der Waals surface area contributed by atoms with E-state index in [2.05, 4.69) is 42.1 Å². The summed E-state index contributed by atoms with van der Waals surface area (Å²) in [5.41, 5.74) is 1.45. The van der Waals surface area contributed by atoms with Gasteiger partial charge in [0, 0.05) is 24.5 Å². The molecular weight excluding hydrogens is 160 g/mol. The van der Waals surface area contributed by atoms with Gasteiger partial charge in [0.15, 0.2) is 0 Å². The molecule has 0 fully saturated rings. The third-order valence-electron chi connectivity index (χ3n) is 2.59. The van der Waals surface area contributed by atoms with Crippen LogP contribution in [-0.2, 0) is 13.0 Å². The third-order valence-corrected chi connectivity index (χ3v) is 2.59. The highest BCUT2D eigenvalue weighted by molar-refractivity contribution is 5.07. The molecular formula is C11H20N2. The van der Waals surface area contributed by atoms with E-state index in [1.54, 1.807) is 0 Å². The van der Waals surface area contributed by atoms with E-state index in [9.17, 15) is 0 Å². The molecule has 0 saturated heterocycles. The average molecular weight is 180 g/mol. The van der Waals surface area contributed by atoms with E-state index in [0.29, 0.717) is 6.04 Å². The van der Waals surface area contributed by atoms with Gasteiger partial charge in [-0.3, -0.25) is 0 Å². The van der Waals surface area contributed by atoms with Crippen LogP contribution in [0.1, 0.15) is 26.0 Å². The first-order chi connectivity index (χ1) is 6.27. The second-order valence-corrected chi connectivity index (χ2v) is 3.51. The Balaban J connectivity index is 2.44. The fourth-order valence-electron chi connectivity index (χ4n) is 1.49. The van der Waals surface area contributed by atoms with Gasteiger partial charge >= 0.3 is 0 Å². The fourth-order valence-corrected chi connectivity index (χ4v) is 1.49. The Kier molecular flexibility index (Phi) is 4.03. The summed E-state index contributed by atoms with van der Waals surface area (Å²) in [6, 6.07) is 4.95. The summed E-state index contributed by atoms with van der Waals surface area (Å²) in [5.74, 6) is 0. The van der Waals surface area contributed by atoms with Crippen molar-refractivity contribution >= 4 is 0 Å². The summed E-state index contributed by atoms with van der Waals surface area (Å²) in [7, 11) is 2.02. The molecule has 0 saturated carbocycles. The summed E-state index contributed by atoms with van der Waals surface area (Å²) in [6.07, 6.45) is 4.53. The van der Waals surface area contributed by atoms with Crippen molar-refractivity contribution in [3.05, 3.63) is 24.0 Å². The van der Waals surface area contributed by atoms with Crippen molar-refractivity contribution in [3.8, 4) is 0 Å². The first-order valence-corrected chi connectivity index (χ1v) is 5.09. The fraction of sp³-hybridized carbons (Fsp3) is 0.636. The molecule has 1 atom stereocenters. The van der Waals surface area contributed by atoms with Gasteiger partial charge in [-0.2, -0.15) is 0 Å². The summed E-state index contributed by atoms with van der Waals surface area (Å²) in [5, 5.41) is 3.26. The zero-order valence-electron chi connectivity index (χ0n) is 8.88. The molecule has 0 amide bonds. The third kappa shape index (κ3) is 2.88. The van der Waals surface area contributed by atoms with Gasteiger partial charge in [0.25, 0.3) is 0 Å². The van der Waals surface area contributed by atoms with Crippen molar-refractivity contribution in [2.24, 2.45) is 0 Å². The molecule has 2 nitrogen and oxygen atoms in total.